The summed E-state index contributed by atoms with van der Waals surface area (Å²) < 4.78 is 68.5. The zero-order valence-electron chi connectivity index (χ0n) is 20.5. The van der Waals surface area contributed by atoms with Crippen LogP contribution in [0.1, 0.15) is 38.8 Å². The molecule has 0 saturated carbocycles. The zero-order valence-corrected chi connectivity index (χ0v) is 21.5. The molecule has 1 atom stereocenters. The quantitative estimate of drug-likeness (QED) is 0.501. The molecule has 2 aromatic rings. The van der Waals surface area contributed by atoms with Gasteiger partial charge in [0.25, 0.3) is 0 Å². The third kappa shape index (κ3) is 4.73. The molecule has 0 aromatic heterocycles. The molecule has 1 aliphatic rings. The van der Waals surface area contributed by atoms with Gasteiger partial charge in [0.15, 0.2) is 8.32 Å². The fourth-order valence-electron chi connectivity index (χ4n) is 3.90. The highest BCUT2D eigenvalue weighted by Gasteiger charge is 2.60. The summed E-state index contributed by atoms with van der Waals surface area (Å²) in [4.78, 5) is 0. The molecule has 180 valence electrons. The summed E-state index contributed by atoms with van der Waals surface area (Å²) in [5.74, 6) is 0.245. The number of hydrogen-bond donors (Lipinski definition) is 0. The molecular weight excluding hydrogens is 448 g/mol. The van der Waals surface area contributed by atoms with Crippen molar-refractivity contribution in [2.75, 3.05) is 7.11 Å². The Balaban J connectivity index is 2.20. The molecule has 9 heteroatoms. The van der Waals surface area contributed by atoms with E-state index in [-0.39, 0.29) is 16.9 Å². The Kier molecular flexibility index (Phi) is 6.61. The lowest BCUT2D eigenvalue weighted by molar-refractivity contribution is -0.240. The highest BCUT2D eigenvalue weighted by molar-refractivity contribution is 6.69. The van der Waals surface area contributed by atoms with Gasteiger partial charge in [-0.2, -0.15) is 13.2 Å². The summed E-state index contributed by atoms with van der Waals surface area (Å²) in [7, 11) is -2.03. The van der Waals surface area contributed by atoms with Crippen molar-refractivity contribution in [1.82, 2.24) is 0 Å². The van der Waals surface area contributed by atoms with Crippen molar-refractivity contribution in [3.8, 4) is 5.75 Å². The lowest BCUT2D eigenvalue weighted by atomic mass is 9.76. The van der Waals surface area contributed by atoms with Gasteiger partial charge in [0.1, 0.15) is 5.75 Å². The molecule has 1 aliphatic heterocycles. The van der Waals surface area contributed by atoms with E-state index in [9.17, 15) is 13.2 Å². The van der Waals surface area contributed by atoms with Crippen molar-refractivity contribution < 1.29 is 31.6 Å². The minimum atomic E-state index is -4.72. The van der Waals surface area contributed by atoms with Crippen LogP contribution in [0.3, 0.4) is 0 Å². The van der Waals surface area contributed by atoms with Gasteiger partial charge in [-0.3, -0.25) is 0 Å². The van der Waals surface area contributed by atoms with Crippen molar-refractivity contribution in [2.24, 2.45) is 0 Å². The summed E-state index contributed by atoms with van der Waals surface area (Å²) in [5.41, 5.74) is -3.34. The van der Waals surface area contributed by atoms with Crippen LogP contribution in [0.15, 0.2) is 48.5 Å². The Labute approximate surface area is 195 Å². The van der Waals surface area contributed by atoms with Gasteiger partial charge in [0.2, 0.25) is 5.60 Å². The molecule has 0 radical (unpaired) electrons. The highest BCUT2D eigenvalue weighted by Crippen LogP contribution is 2.49. The number of rotatable bonds is 6. The molecule has 2 aromatic carbocycles. The van der Waals surface area contributed by atoms with E-state index < -0.39 is 38.4 Å². The molecule has 4 nitrogen and oxygen atoms in total. The van der Waals surface area contributed by atoms with Crippen molar-refractivity contribution in [3.05, 3.63) is 59.7 Å². The van der Waals surface area contributed by atoms with Gasteiger partial charge in [-0.1, -0.05) is 42.5 Å². The average Bonchev–Trinajstić information content (AvgIpc) is 2.91. The van der Waals surface area contributed by atoms with E-state index in [1.54, 1.807) is 43.9 Å². The lowest BCUT2D eigenvalue weighted by Crippen LogP contribution is -2.51. The molecule has 0 aliphatic carbocycles. The van der Waals surface area contributed by atoms with E-state index in [2.05, 4.69) is 0 Å². The fraction of sp³-hybridized carbons (Fsp3) is 0.500. The minimum Gasteiger partial charge on any atom is -0.497 e. The van der Waals surface area contributed by atoms with Crippen LogP contribution >= 0.6 is 0 Å². The first-order valence-corrected chi connectivity index (χ1v) is 14.3. The third-order valence-corrected chi connectivity index (χ3v) is 7.10. The summed E-state index contributed by atoms with van der Waals surface area (Å²) >= 11 is 0. The van der Waals surface area contributed by atoms with Crippen molar-refractivity contribution in [2.45, 2.75) is 70.3 Å². The third-order valence-electron chi connectivity index (χ3n) is 6.19. The molecular formula is C24H32BF3O4Si. The standard InChI is InChI=1S/C24H32BF3O4Si/c1-21(2)22(3,4)31-25(30-21)19-15-14-18(16-20(19)29-5)23(24(26,27)28,32-33(6,7)8)17-12-10-9-11-13-17/h9-16H,1-8H3. The molecule has 1 unspecified atom stereocenters. The van der Waals surface area contributed by atoms with E-state index in [0.717, 1.165) is 0 Å². The Morgan fingerprint density at radius 3 is 1.85 bits per heavy atom. The van der Waals surface area contributed by atoms with E-state index in [1.165, 1.54) is 31.4 Å². The number of methoxy groups -OCH3 is 1. The van der Waals surface area contributed by atoms with E-state index in [0.29, 0.717) is 5.46 Å². The number of alkyl halides is 3. The summed E-state index contributed by atoms with van der Waals surface area (Å²) in [6, 6.07) is 12.1. The second-order valence-electron chi connectivity index (χ2n) is 10.3. The van der Waals surface area contributed by atoms with E-state index in [4.69, 9.17) is 18.5 Å². The summed E-state index contributed by atoms with van der Waals surface area (Å²) in [6.45, 7) is 12.9. The van der Waals surface area contributed by atoms with Crippen molar-refractivity contribution in [1.29, 1.82) is 0 Å². The Morgan fingerprint density at radius 2 is 1.39 bits per heavy atom. The van der Waals surface area contributed by atoms with Crippen LogP contribution in [0, 0.1) is 0 Å². The second-order valence-corrected chi connectivity index (χ2v) is 14.7. The van der Waals surface area contributed by atoms with Crippen LogP contribution in [-0.4, -0.2) is 39.9 Å². The molecule has 0 amide bonds. The van der Waals surface area contributed by atoms with E-state index in [1.807, 2.05) is 27.7 Å². The van der Waals surface area contributed by atoms with Gasteiger partial charge in [0.05, 0.1) is 18.3 Å². The number of ether oxygens (including phenoxy) is 1. The monoisotopic (exact) mass is 480 g/mol. The van der Waals surface area contributed by atoms with Crippen LogP contribution in [0.25, 0.3) is 0 Å². The van der Waals surface area contributed by atoms with Crippen molar-refractivity contribution >= 4 is 20.9 Å². The first-order chi connectivity index (χ1) is 15.0. The molecule has 1 heterocycles. The van der Waals surface area contributed by atoms with Gasteiger partial charge >= 0.3 is 13.3 Å². The van der Waals surface area contributed by atoms with Crippen LogP contribution in [0.2, 0.25) is 19.6 Å². The summed E-state index contributed by atoms with van der Waals surface area (Å²) in [6.07, 6.45) is -4.72. The topological polar surface area (TPSA) is 36.9 Å². The highest BCUT2D eigenvalue weighted by atomic mass is 28.4. The van der Waals surface area contributed by atoms with Gasteiger partial charge in [-0.05, 0) is 59.0 Å². The van der Waals surface area contributed by atoms with Crippen LogP contribution in [-0.2, 0) is 19.3 Å². The molecule has 0 bridgehead atoms. The first kappa shape index (κ1) is 25.8. The van der Waals surface area contributed by atoms with Crippen molar-refractivity contribution in [3.63, 3.8) is 0 Å². The molecule has 0 spiro atoms. The normalized spacial score (nSPS) is 19.9. The lowest BCUT2D eigenvalue weighted by Gasteiger charge is -2.41. The Morgan fingerprint density at radius 1 is 0.848 bits per heavy atom. The average molecular weight is 480 g/mol. The minimum absolute atomic E-state index is 0.0189. The molecule has 3 rings (SSSR count). The maximum Gasteiger partial charge on any atom is 0.498 e. The largest absolute Gasteiger partial charge is 0.498 e. The number of benzene rings is 2. The van der Waals surface area contributed by atoms with Gasteiger partial charge < -0.3 is 18.5 Å². The smallest absolute Gasteiger partial charge is 0.497 e. The van der Waals surface area contributed by atoms with E-state index >= 15 is 0 Å². The Bertz CT molecular complexity index is 973. The number of hydrogen-bond acceptors (Lipinski definition) is 4. The summed E-state index contributed by atoms with van der Waals surface area (Å²) in [5, 5.41) is 0. The second kappa shape index (κ2) is 8.45. The maximum atomic E-state index is 14.9. The maximum absolute atomic E-state index is 14.9. The molecule has 0 N–H and O–H groups in total. The van der Waals surface area contributed by atoms with Gasteiger partial charge in [-0.15, -0.1) is 0 Å². The van der Waals surface area contributed by atoms with Crippen LogP contribution in [0.4, 0.5) is 13.2 Å². The zero-order chi connectivity index (χ0) is 24.9. The van der Waals surface area contributed by atoms with Gasteiger partial charge in [-0.25, -0.2) is 0 Å². The fourth-order valence-corrected chi connectivity index (χ4v) is 5.17. The molecule has 33 heavy (non-hydrogen) atoms. The SMILES string of the molecule is COc1cc(C(O[Si](C)(C)C)(c2ccccc2)C(F)(F)F)ccc1B1OC(C)(C)C(C)(C)O1. The number of halogens is 3. The molecule has 1 saturated heterocycles. The predicted molar refractivity (Wildman–Crippen MR) is 126 cm³/mol. The Hall–Kier alpha value is -1.81. The molecule has 1 fully saturated rings. The van der Waals surface area contributed by atoms with Gasteiger partial charge in [0, 0.05) is 11.0 Å². The predicted octanol–water partition coefficient (Wildman–Crippen LogP) is 5.65. The van der Waals surface area contributed by atoms with Crippen LogP contribution in [0.5, 0.6) is 5.75 Å². The first-order valence-electron chi connectivity index (χ1n) is 10.9. The van der Waals surface area contributed by atoms with Crippen LogP contribution < -0.4 is 10.2 Å².